The molecule has 3 nitrogen and oxygen atoms in total. The van der Waals surface area contributed by atoms with Crippen LogP contribution in [-0.4, -0.2) is 16.1 Å². The highest BCUT2D eigenvalue weighted by atomic mass is 32.2. The minimum absolute atomic E-state index is 0.912. The van der Waals surface area contributed by atoms with Gasteiger partial charge in [0.05, 0.1) is 0 Å². The molecule has 20 heavy (non-hydrogen) atoms. The van der Waals surface area contributed by atoms with Gasteiger partial charge in [-0.25, -0.2) is 0 Å². The van der Waals surface area contributed by atoms with E-state index in [0.717, 1.165) is 35.2 Å². The molecule has 0 aliphatic heterocycles. The topological polar surface area (TPSA) is 37.8 Å². The molecule has 1 N–H and O–H groups in total. The summed E-state index contributed by atoms with van der Waals surface area (Å²) in [4.78, 5) is 0. The highest BCUT2D eigenvalue weighted by Crippen LogP contribution is 2.25. The van der Waals surface area contributed by atoms with Crippen LogP contribution in [0.5, 0.6) is 0 Å². The smallest absolute Gasteiger partial charge is 0.134 e. The van der Waals surface area contributed by atoms with E-state index in [4.69, 9.17) is 0 Å². The van der Waals surface area contributed by atoms with E-state index in [-0.39, 0.29) is 0 Å². The second-order valence-corrected chi connectivity index (χ2v) is 6.70. The van der Waals surface area contributed by atoms with Crippen LogP contribution in [0.1, 0.15) is 35.7 Å². The molecule has 0 spiro atoms. The van der Waals surface area contributed by atoms with Crippen LogP contribution in [0, 0.1) is 13.8 Å². The van der Waals surface area contributed by atoms with E-state index in [1.54, 1.807) is 0 Å². The van der Waals surface area contributed by atoms with Crippen LogP contribution in [0.15, 0.2) is 18.2 Å². The van der Waals surface area contributed by atoms with Gasteiger partial charge in [0.2, 0.25) is 0 Å². The van der Waals surface area contributed by atoms with Crippen LogP contribution in [-0.2, 0) is 11.5 Å². The van der Waals surface area contributed by atoms with Crippen LogP contribution in [0.4, 0.5) is 5.00 Å². The monoisotopic (exact) mass is 307 g/mol. The van der Waals surface area contributed by atoms with Gasteiger partial charge in [0.15, 0.2) is 0 Å². The van der Waals surface area contributed by atoms with Crippen molar-refractivity contribution >= 4 is 28.3 Å². The Morgan fingerprint density at radius 3 is 2.60 bits per heavy atom. The summed E-state index contributed by atoms with van der Waals surface area (Å²) in [5, 5.41) is 8.74. The lowest BCUT2D eigenvalue weighted by Crippen LogP contribution is -2.00. The first-order valence-electron chi connectivity index (χ1n) is 6.89. The van der Waals surface area contributed by atoms with Crippen molar-refractivity contribution in [3.63, 3.8) is 0 Å². The summed E-state index contributed by atoms with van der Waals surface area (Å²) < 4.78 is 4.04. The normalized spacial score (nSPS) is 10.8. The van der Waals surface area contributed by atoms with Gasteiger partial charge in [-0.05, 0) is 25.8 Å². The SMILES string of the molecule is CCCNc1snnc1CSCc1cc(C)cc(C)c1. The highest BCUT2D eigenvalue weighted by molar-refractivity contribution is 7.97. The molecule has 1 aromatic heterocycles. The van der Waals surface area contributed by atoms with Crippen molar-refractivity contribution in [2.75, 3.05) is 11.9 Å². The Kier molecular flexibility index (Phi) is 5.86. The van der Waals surface area contributed by atoms with E-state index in [2.05, 4.69) is 53.9 Å². The van der Waals surface area contributed by atoms with Crippen molar-refractivity contribution in [3.05, 3.63) is 40.6 Å². The fourth-order valence-electron chi connectivity index (χ4n) is 2.09. The van der Waals surface area contributed by atoms with Crippen LogP contribution in [0.3, 0.4) is 0 Å². The van der Waals surface area contributed by atoms with Gasteiger partial charge in [0, 0.05) is 29.6 Å². The molecular weight excluding hydrogens is 286 g/mol. The number of aryl methyl sites for hydroxylation is 2. The Balaban J connectivity index is 1.88. The lowest BCUT2D eigenvalue weighted by atomic mass is 10.1. The predicted molar refractivity (Wildman–Crippen MR) is 89.6 cm³/mol. The number of nitrogens with one attached hydrogen (secondary N) is 1. The zero-order valence-electron chi connectivity index (χ0n) is 12.3. The molecule has 1 heterocycles. The van der Waals surface area contributed by atoms with Gasteiger partial charge in [0.1, 0.15) is 10.7 Å². The predicted octanol–water partition coefficient (Wildman–Crippen LogP) is 4.41. The quantitative estimate of drug-likeness (QED) is 0.822. The van der Waals surface area contributed by atoms with Crippen molar-refractivity contribution in [1.29, 1.82) is 0 Å². The average molecular weight is 307 g/mol. The van der Waals surface area contributed by atoms with Gasteiger partial charge in [-0.2, -0.15) is 11.8 Å². The maximum atomic E-state index is 4.22. The third kappa shape index (κ3) is 4.49. The van der Waals surface area contributed by atoms with Crippen molar-refractivity contribution < 1.29 is 0 Å². The first-order valence-corrected chi connectivity index (χ1v) is 8.82. The maximum Gasteiger partial charge on any atom is 0.134 e. The summed E-state index contributed by atoms with van der Waals surface area (Å²) in [5.74, 6) is 1.93. The fourth-order valence-corrected chi connectivity index (χ4v) is 3.69. The van der Waals surface area contributed by atoms with Gasteiger partial charge < -0.3 is 5.32 Å². The summed E-state index contributed by atoms with van der Waals surface area (Å²) in [5.41, 5.74) is 5.14. The molecule has 2 aromatic rings. The molecule has 0 aliphatic rings. The Morgan fingerprint density at radius 1 is 1.15 bits per heavy atom. The van der Waals surface area contributed by atoms with E-state index in [1.807, 2.05) is 11.8 Å². The van der Waals surface area contributed by atoms with Gasteiger partial charge >= 0.3 is 0 Å². The second-order valence-electron chi connectivity index (χ2n) is 4.96. The minimum atomic E-state index is 0.912. The van der Waals surface area contributed by atoms with E-state index in [9.17, 15) is 0 Å². The number of aromatic nitrogens is 2. The van der Waals surface area contributed by atoms with Gasteiger partial charge in [0.25, 0.3) is 0 Å². The summed E-state index contributed by atoms with van der Waals surface area (Å²) >= 11 is 3.35. The van der Waals surface area contributed by atoms with Gasteiger partial charge in [-0.3, -0.25) is 0 Å². The van der Waals surface area contributed by atoms with Gasteiger partial charge in [-0.1, -0.05) is 40.7 Å². The first kappa shape index (κ1) is 15.3. The third-order valence-electron chi connectivity index (χ3n) is 2.88. The molecule has 5 heteroatoms. The number of hydrogen-bond donors (Lipinski definition) is 1. The minimum Gasteiger partial charge on any atom is -0.374 e. The molecule has 108 valence electrons. The zero-order chi connectivity index (χ0) is 14.4. The standard InChI is InChI=1S/C15H21N3S2/c1-4-5-16-15-14(17-18-20-15)10-19-9-13-7-11(2)6-12(3)8-13/h6-8,16H,4-5,9-10H2,1-3H3. The summed E-state index contributed by atoms with van der Waals surface area (Å²) in [7, 11) is 0. The molecule has 0 amide bonds. The Labute approximate surface area is 129 Å². The molecular formula is C15H21N3S2. The molecule has 1 aromatic carbocycles. The summed E-state index contributed by atoms with van der Waals surface area (Å²) in [6.07, 6.45) is 1.12. The fraction of sp³-hybridized carbons (Fsp3) is 0.467. The number of hydrogen-bond acceptors (Lipinski definition) is 5. The van der Waals surface area contributed by atoms with Crippen molar-refractivity contribution in [2.24, 2.45) is 0 Å². The molecule has 0 radical (unpaired) electrons. The van der Waals surface area contributed by atoms with E-state index in [1.165, 1.54) is 28.2 Å². The van der Waals surface area contributed by atoms with Crippen molar-refractivity contribution in [2.45, 2.75) is 38.7 Å². The lowest BCUT2D eigenvalue weighted by molar-refractivity contribution is 0.976. The molecule has 0 fully saturated rings. The van der Waals surface area contributed by atoms with Crippen molar-refractivity contribution in [1.82, 2.24) is 9.59 Å². The Bertz CT molecular complexity index is 532. The molecule has 0 bridgehead atoms. The largest absolute Gasteiger partial charge is 0.374 e. The number of thioether (sulfide) groups is 1. The van der Waals surface area contributed by atoms with Crippen LogP contribution >= 0.6 is 23.3 Å². The Morgan fingerprint density at radius 2 is 1.90 bits per heavy atom. The molecule has 0 saturated carbocycles. The maximum absolute atomic E-state index is 4.22. The van der Waals surface area contributed by atoms with E-state index < -0.39 is 0 Å². The molecule has 2 rings (SSSR count). The number of nitrogens with zero attached hydrogens (tertiary/aromatic N) is 2. The highest BCUT2D eigenvalue weighted by Gasteiger charge is 2.07. The zero-order valence-corrected chi connectivity index (χ0v) is 13.9. The van der Waals surface area contributed by atoms with E-state index >= 15 is 0 Å². The first-order chi connectivity index (χ1) is 9.69. The molecule has 0 saturated heterocycles. The summed E-state index contributed by atoms with van der Waals surface area (Å²) in [6.45, 7) is 7.45. The molecule has 0 aliphatic carbocycles. The lowest BCUT2D eigenvalue weighted by Gasteiger charge is -2.06. The summed E-state index contributed by atoms with van der Waals surface area (Å²) in [6, 6.07) is 6.73. The van der Waals surface area contributed by atoms with E-state index in [0.29, 0.717) is 0 Å². The van der Waals surface area contributed by atoms with Crippen LogP contribution in [0.25, 0.3) is 0 Å². The van der Waals surface area contributed by atoms with Crippen LogP contribution < -0.4 is 5.32 Å². The van der Waals surface area contributed by atoms with Gasteiger partial charge in [-0.15, -0.1) is 5.10 Å². The molecule has 0 unspecified atom stereocenters. The Hall–Kier alpha value is -1.07. The second kappa shape index (κ2) is 7.64. The number of anilines is 1. The van der Waals surface area contributed by atoms with Crippen molar-refractivity contribution in [3.8, 4) is 0 Å². The number of benzene rings is 1. The third-order valence-corrected chi connectivity index (χ3v) is 4.62. The van der Waals surface area contributed by atoms with Crippen LogP contribution in [0.2, 0.25) is 0 Å². The number of rotatable bonds is 7. The average Bonchev–Trinajstić information content (AvgIpc) is 2.83. The molecule has 0 atom stereocenters.